The molecule has 4 heteroatoms. The SMILES string of the molecule is CCC(C)Oc1cccc(NC(=O)COc2cccc(C)c2)c1. The molecule has 1 amide bonds. The molecule has 122 valence electrons. The number of amides is 1. The van der Waals surface area contributed by atoms with Gasteiger partial charge in [-0.2, -0.15) is 0 Å². The van der Waals surface area contributed by atoms with Crippen molar-refractivity contribution in [1.82, 2.24) is 0 Å². The molecule has 0 saturated heterocycles. The van der Waals surface area contributed by atoms with E-state index in [1.54, 1.807) is 0 Å². The van der Waals surface area contributed by atoms with Crippen molar-refractivity contribution >= 4 is 11.6 Å². The Hall–Kier alpha value is -2.49. The van der Waals surface area contributed by atoms with Gasteiger partial charge in [-0.1, -0.05) is 25.1 Å². The number of hydrogen-bond donors (Lipinski definition) is 1. The molecule has 0 spiro atoms. The largest absolute Gasteiger partial charge is 0.491 e. The van der Waals surface area contributed by atoms with E-state index in [4.69, 9.17) is 9.47 Å². The summed E-state index contributed by atoms with van der Waals surface area (Å²) in [5.41, 5.74) is 1.79. The normalized spacial score (nSPS) is 11.6. The first kappa shape index (κ1) is 16.9. The summed E-state index contributed by atoms with van der Waals surface area (Å²) >= 11 is 0. The maximum atomic E-state index is 12.0. The van der Waals surface area contributed by atoms with Gasteiger partial charge in [-0.05, 0) is 50.1 Å². The van der Waals surface area contributed by atoms with Gasteiger partial charge in [0.25, 0.3) is 5.91 Å². The van der Waals surface area contributed by atoms with Crippen molar-refractivity contribution in [1.29, 1.82) is 0 Å². The second kappa shape index (κ2) is 8.22. The van der Waals surface area contributed by atoms with Gasteiger partial charge in [0.2, 0.25) is 0 Å². The van der Waals surface area contributed by atoms with Gasteiger partial charge < -0.3 is 14.8 Å². The summed E-state index contributed by atoms with van der Waals surface area (Å²) in [5, 5.41) is 2.81. The predicted octanol–water partition coefficient (Wildman–Crippen LogP) is 4.19. The molecule has 23 heavy (non-hydrogen) atoms. The van der Waals surface area contributed by atoms with Gasteiger partial charge in [0.1, 0.15) is 11.5 Å². The van der Waals surface area contributed by atoms with Crippen LogP contribution in [0, 0.1) is 6.92 Å². The zero-order chi connectivity index (χ0) is 16.7. The summed E-state index contributed by atoms with van der Waals surface area (Å²) in [4.78, 5) is 12.0. The third-order valence-electron chi connectivity index (χ3n) is 3.39. The lowest BCUT2D eigenvalue weighted by molar-refractivity contribution is -0.118. The van der Waals surface area contributed by atoms with Gasteiger partial charge in [-0.3, -0.25) is 4.79 Å². The van der Waals surface area contributed by atoms with Crippen LogP contribution in [0.4, 0.5) is 5.69 Å². The molecular formula is C19H23NO3. The standard InChI is InChI=1S/C19H23NO3/c1-4-15(3)23-18-10-6-8-16(12-18)20-19(21)13-22-17-9-5-7-14(2)11-17/h5-12,15H,4,13H2,1-3H3,(H,20,21). The molecule has 0 aliphatic rings. The summed E-state index contributed by atoms with van der Waals surface area (Å²) in [6, 6.07) is 15.0. The monoisotopic (exact) mass is 313 g/mol. The topological polar surface area (TPSA) is 47.6 Å². The number of aryl methyl sites for hydroxylation is 1. The van der Waals surface area contributed by atoms with Crippen LogP contribution in [0.15, 0.2) is 48.5 Å². The minimum Gasteiger partial charge on any atom is -0.491 e. The molecule has 0 radical (unpaired) electrons. The lowest BCUT2D eigenvalue weighted by Gasteiger charge is -2.14. The molecule has 0 aliphatic carbocycles. The van der Waals surface area contributed by atoms with E-state index in [0.29, 0.717) is 11.4 Å². The maximum absolute atomic E-state index is 12.0. The third kappa shape index (κ3) is 5.66. The highest BCUT2D eigenvalue weighted by molar-refractivity contribution is 5.92. The molecule has 0 fully saturated rings. The van der Waals surface area contributed by atoms with Crippen LogP contribution in [-0.2, 0) is 4.79 Å². The van der Waals surface area contributed by atoms with Gasteiger partial charge in [-0.15, -0.1) is 0 Å². The third-order valence-corrected chi connectivity index (χ3v) is 3.39. The minimum absolute atomic E-state index is 0.0279. The smallest absolute Gasteiger partial charge is 0.262 e. The highest BCUT2D eigenvalue weighted by atomic mass is 16.5. The van der Waals surface area contributed by atoms with Gasteiger partial charge in [-0.25, -0.2) is 0 Å². The second-order valence-electron chi connectivity index (χ2n) is 5.52. The predicted molar refractivity (Wildman–Crippen MR) is 92.1 cm³/mol. The molecule has 0 aliphatic heterocycles. The number of benzene rings is 2. The summed E-state index contributed by atoms with van der Waals surface area (Å²) in [7, 11) is 0. The van der Waals surface area contributed by atoms with Crippen molar-refractivity contribution < 1.29 is 14.3 Å². The lowest BCUT2D eigenvalue weighted by Crippen LogP contribution is -2.20. The summed E-state index contributed by atoms with van der Waals surface area (Å²) in [5.74, 6) is 1.23. The van der Waals surface area contributed by atoms with E-state index in [0.717, 1.165) is 17.7 Å². The van der Waals surface area contributed by atoms with E-state index in [2.05, 4.69) is 12.2 Å². The van der Waals surface area contributed by atoms with Gasteiger partial charge in [0.15, 0.2) is 6.61 Å². The van der Waals surface area contributed by atoms with Crippen molar-refractivity contribution in [3.05, 3.63) is 54.1 Å². The number of nitrogens with one attached hydrogen (secondary N) is 1. The lowest BCUT2D eigenvalue weighted by atomic mass is 10.2. The number of anilines is 1. The first-order valence-corrected chi connectivity index (χ1v) is 7.83. The molecule has 2 rings (SSSR count). The molecule has 0 aromatic heterocycles. The fourth-order valence-electron chi connectivity index (χ4n) is 2.01. The second-order valence-corrected chi connectivity index (χ2v) is 5.52. The van der Waals surface area contributed by atoms with Crippen molar-refractivity contribution in [3.63, 3.8) is 0 Å². The van der Waals surface area contributed by atoms with Crippen molar-refractivity contribution in [2.75, 3.05) is 11.9 Å². The average Bonchev–Trinajstić information content (AvgIpc) is 2.53. The van der Waals surface area contributed by atoms with Crippen LogP contribution >= 0.6 is 0 Å². The van der Waals surface area contributed by atoms with Crippen LogP contribution in [0.25, 0.3) is 0 Å². The molecule has 4 nitrogen and oxygen atoms in total. The van der Waals surface area contributed by atoms with E-state index in [-0.39, 0.29) is 18.6 Å². The number of hydrogen-bond acceptors (Lipinski definition) is 3. The molecule has 1 N–H and O–H groups in total. The fraction of sp³-hybridized carbons (Fsp3) is 0.316. The Labute approximate surface area is 137 Å². The molecule has 1 atom stereocenters. The molecule has 2 aromatic carbocycles. The number of carbonyl (C=O) groups excluding carboxylic acids is 1. The Balaban J connectivity index is 1.88. The van der Waals surface area contributed by atoms with E-state index in [1.165, 1.54) is 0 Å². The Bertz CT molecular complexity index is 655. The maximum Gasteiger partial charge on any atom is 0.262 e. The highest BCUT2D eigenvalue weighted by Crippen LogP contribution is 2.19. The van der Waals surface area contributed by atoms with E-state index in [9.17, 15) is 4.79 Å². The van der Waals surface area contributed by atoms with E-state index < -0.39 is 0 Å². The summed E-state index contributed by atoms with van der Waals surface area (Å²) in [6.07, 6.45) is 1.08. The van der Waals surface area contributed by atoms with Gasteiger partial charge >= 0.3 is 0 Å². The molecule has 0 heterocycles. The van der Waals surface area contributed by atoms with Gasteiger partial charge in [0.05, 0.1) is 6.10 Å². The number of ether oxygens (including phenoxy) is 2. The Kier molecular flexibility index (Phi) is 6.03. The molecule has 0 saturated carbocycles. The average molecular weight is 313 g/mol. The van der Waals surface area contributed by atoms with Crippen molar-refractivity contribution in [3.8, 4) is 11.5 Å². The quantitative estimate of drug-likeness (QED) is 0.833. The summed E-state index contributed by atoms with van der Waals surface area (Å²) in [6.45, 7) is 6.04. The summed E-state index contributed by atoms with van der Waals surface area (Å²) < 4.78 is 11.2. The van der Waals surface area contributed by atoms with Crippen LogP contribution < -0.4 is 14.8 Å². The minimum atomic E-state index is -0.202. The first-order valence-electron chi connectivity index (χ1n) is 7.83. The van der Waals surface area contributed by atoms with Crippen LogP contribution in [0.5, 0.6) is 11.5 Å². The fourth-order valence-corrected chi connectivity index (χ4v) is 2.01. The van der Waals surface area contributed by atoms with Crippen LogP contribution in [0.3, 0.4) is 0 Å². The Morgan fingerprint density at radius 2 is 1.87 bits per heavy atom. The number of rotatable bonds is 7. The Morgan fingerprint density at radius 3 is 2.61 bits per heavy atom. The number of carbonyl (C=O) groups is 1. The molecule has 2 aromatic rings. The van der Waals surface area contributed by atoms with E-state index >= 15 is 0 Å². The van der Waals surface area contributed by atoms with Crippen molar-refractivity contribution in [2.24, 2.45) is 0 Å². The van der Waals surface area contributed by atoms with E-state index in [1.807, 2.05) is 62.4 Å². The van der Waals surface area contributed by atoms with Gasteiger partial charge in [0, 0.05) is 11.8 Å². The Morgan fingerprint density at radius 1 is 1.13 bits per heavy atom. The van der Waals surface area contributed by atoms with Crippen LogP contribution in [0.1, 0.15) is 25.8 Å². The molecule has 0 bridgehead atoms. The first-order chi connectivity index (χ1) is 11.1. The van der Waals surface area contributed by atoms with Crippen LogP contribution in [0.2, 0.25) is 0 Å². The van der Waals surface area contributed by atoms with Crippen molar-refractivity contribution in [2.45, 2.75) is 33.3 Å². The highest BCUT2D eigenvalue weighted by Gasteiger charge is 2.06. The van der Waals surface area contributed by atoms with Crippen LogP contribution in [-0.4, -0.2) is 18.6 Å². The molecule has 1 unspecified atom stereocenters. The zero-order valence-electron chi connectivity index (χ0n) is 13.8. The zero-order valence-corrected chi connectivity index (χ0v) is 13.8. The molecular weight excluding hydrogens is 290 g/mol.